The lowest BCUT2D eigenvalue weighted by molar-refractivity contribution is 0.404. The molecular formula is C3H9O2P. The van der Waals surface area contributed by atoms with E-state index in [0.717, 1.165) is 0 Å². The number of hydrogen-bond donors (Lipinski definition) is 0. The topological polar surface area (TPSA) is 26.3 Å². The molecule has 0 aliphatic carbocycles. The Bertz CT molecular complexity index is 72.9. The van der Waals surface area contributed by atoms with Crippen molar-refractivity contribution in [1.29, 1.82) is 0 Å². The van der Waals surface area contributed by atoms with Crippen LogP contribution in [-0.2, 0) is 9.09 Å². The third kappa shape index (κ3) is 4.19. The largest absolute Gasteiger partial charge is 0.332 e. The molecule has 0 spiro atoms. The normalized spacial score (nSPS) is 11.8. The molecule has 0 atom stereocenters. The van der Waals surface area contributed by atoms with Crippen molar-refractivity contribution < 1.29 is 9.09 Å². The highest BCUT2D eigenvalue weighted by Crippen LogP contribution is 2.35. The van der Waals surface area contributed by atoms with E-state index in [2.05, 4.69) is 4.52 Å². The average Bonchev–Trinajstić information content (AvgIpc) is 1.35. The fourth-order valence-electron chi connectivity index (χ4n) is 0. The predicted octanol–water partition coefficient (Wildman–Crippen LogP) is 1.17. The molecule has 0 aromatic carbocycles. The maximum absolute atomic E-state index is 10.4. The van der Waals surface area contributed by atoms with Crippen LogP contribution in [0, 0.1) is 0 Å². The van der Waals surface area contributed by atoms with Crippen LogP contribution in [0.1, 0.15) is 0 Å². The van der Waals surface area contributed by atoms with E-state index in [1.165, 1.54) is 7.11 Å². The van der Waals surface area contributed by atoms with Gasteiger partial charge >= 0.3 is 0 Å². The monoisotopic (exact) mass is 108 g/mol. The maximum atomic E-state index is 10.4. The average molecular weight is 108 g/mol. The molecule has 2 nitrogen and oxygen atoms in total. The van der Waals surface area contributed by atoms with Crippen molar-refractivity contribution in [2.45, 2.75) is 0 Å². The van der Waals surface area contributed by atoms with E-state index >= 15 is 0 Å². The van der Waals surface area contributed by atoms with Crippen molar-refractivity contribution in [3.63, 3.8) is 0 Å². The predicted molar refractivity (Wildman–Crippen MR) is 26.5 cm³/mol. The molecule has 3 heteroatoms. The highest BCUT2D eigenvalue weighted by molar-refractivity contribution is 7.57. The summed E-state index contributed by atoms with van der Waals surface area (Å²) in [6.07, 6.45) is 0. The molecule has 0 saturated heterocycles. The summed E-state index contributed by atoms with van der Waals surface area (Å²) in [6.45, 7) is 3.15. The Kier molecular flexibility index (Phi) is 1.82. The molecule has 0 bridgehead atoms. The fourth-order valence-corrected chi connectivity index (χ4v) is 0. The van der Waals surface area contributed by atoms with Crippen molar-refractivity contribution >= 4 is 7.37 Å². The van der Waals surface area contributed by atoms with E-state index in [-0.39, 0.29) is 0 Å². The second kappa shape index (κ2) is 1.76. The summed E-state index contributed by atoms with van der Waals surface area (Å²) in [7, 11) is -0.701. The summed E-state index contributed by atoms with van der Waals surface area (Å²) in [6, 6.07) is 0. The van der Waals surface area contributed by atoms with Gasteiger partial charge in [-0.2, -0.15) is 0 Å². The number of rotatable bonds is 1. The molecule has 0 amide bonds. The highest BCUT2D eigenvalue weighted by atomic mass is 31.2. The molecule has 0 aliphatic heterocycles. The van der Waals surface area contributed by atoms with E-state index in [1.807, 2.05) is 0 Å². The van der Waals surface area contributed by atoms with Gasteiger partial charge in [0.05, 0.1) is 0 Å². The van der Waals surface area contributed by atoms with Crippen LogP contribution in [-0.4, -0.2) is 20.4 Å². The van der Waals surface area contributed by atoms with E-state index < -0.39 is 7.37 Å². The van der Waals surface area contributed by atoms with Crippen molar-refractivity contribution in [2.75, 3.05) is 20.4 Å². The lowest BCUT2D eigenvalue weighted by atomic mass is 11.8. The summed E-state index contributed by atoms with van der Waals surface area (Å²) in [5.41, 5.74) is 0. The summed E-state index contributed by atoms with van der Waals surface area (Å²) in [5, 5.41) is 0. The van der Waals surface area contributed by atoms with Crippen LogP contribution in [0.2, 0.25) is 0 Å². The van der Waals surface area contributed by atoms with E-state index in [9.17, 15) is 4.57 Å². The molecule has 0 saturated carbocycles. The van der Waals surface area contributed by atoms with E-state index in [4.69, 9.17) is 0 Å². The smallest absolute Gasteiger partial charge is 0.196 e. The Morgan fingerprint density at radius 3 is 1.67 bits per heavy atom. The van der Waals surface area contributed by atoms with E-state index in [1.54, 1.807) is 13.3 Å². The first-order chi connectivity index (χ1) is 2.56. The van der Waals surface area contributed by atoms with Crippen molar-refractivity contribution in [2.24, 2.45) is 0 Å². The molecule has 0 heterocycles. The Hall–Kier alpha value is 0.190. The van der Waals surface area contributed by atoms with E-state index in [0.29, 0.717) is 0 Å². The van der Waals surface area contributed by atoms with Gasteiger partial charge in [-0.05, 0) is 0 Å². The lowest BCUT2D eigenvalue weighted by Gasteiger charge is -1.98. The quantitative estimate of drug-likeness (QED) is 0.471. The Morgan fingerprint density at radius 2 is 1.67 bits per heavy atom. The van der Waals surface area contributed by atoms with Gasteiger partial charge in [0.25, 0.3) is 0 Å². The zero-order valence-electron chi connectivity index (χ0n) is 4.26. The van der Waals surface area contributed by atoms with Crippen molar-refractivity contribution in [1.82, 2.24) is 0 Å². The lowest BCUT2D eigenvalue weighted by Crippen LogP contribution is -1.74. The third-order valence-electron chi connectivity index (χ3n) is 0.440. The third-order valence-corrected chi connectivity index (χ3v) is 1.32. The minimum absolute atomic E-state index is 1.45. The van der Waals surface area contributed by atoms with Crippen LogP contribution < -0.4 is 0 Å². The van der Waals surface area contributed by atoms with Gasteiger partial charge in [0.15, 0.2) is 7.37 Å². The van der Waals surface area contributed by atoms with Gasteiger partial charge in [-0.3, -0.25) is 4.57 Å². The van der Waals surface area contributed by atoms with Crippen LogP contribution in [0.25, 0.3) is 0 Å². The molecule has 0 unspecified atom stereocenters. The van der Waals surface area contributed by atoms with Gasteiger partial charge in [-0.1, -0.05) is 0 Å². The molecule has 0 aromatic heterocycles. The Labute approximate surface area is 38.0 Å². The van der Waals surface area contributed by atoms with Crippen molar-refractivity contribution in [3.8, 4) is 0 Å². The van der Waals surface area contributed by atoms with Gasteiger partial charge in [0.2, 0.25) is 0 Å². The molecule has 0 fully saturated rings. The molecule has 0 radical (unpaired) electrons. The second-order valence-electron chi connectivity index (χ2n) is 1.43. The van der Waals surface area contributed by atoms with Gasteiger partial charge < -0.3 is 4.52 Å². The highest BCUT2D eigenvalue weighted by Gasteiger charge is 1.99. The van der Waals surface area contributed by atoms with Crippen LogP contribution in [0.4, 0.5) is 0 Å². The first kappa shape index (κ1) is 6.19. The maximum Gasteiger partial charge on any atom is 0.196 e. The molecule has 0 aliphatic rings. The Morgan fingerprint density at radius 1 is 1.50 bits per heavy atom. The molecule has 0 N–H and O–H groups in total. The van der Waals surface area contributed by atoms with Crippen LogP contribution in [0.15, 0.2) is 0 Å². The van der Waals surface area contributed by atoms with Crippen LogP contribution in [0.3, 0.4) is 0 Å². The van der Waals surface area contributed by atoms with Crippen LogP contribution >= 0.6 is 7.37 Å². The first-order valence-corrected chi connectivity index (χ1v) is 4.19. The van der Waals surface area contributed by atoms with Gasteiger partial charge in [0.1, 0.15) is 0 Å². The Balaban J connectivity index is 3.48. The fraction of sp³-hybridized carbons (Fsp3) is 1.00. The zero-order valence-corrected chi connectivity index (χ0v) is 5.16. The van der Waals surface area contributed by atoms with Gasteiger partial charge in [-0.25, -0.2) is 0 Å². The minimum atomic E-state index is -2.15. The van der Waals surface area contributed by atoms with Crippen molar-refractivity contribution in [3.05, 3.63) is 0 Å². The summed E-state index contributed by atoms with van der Waals surface area (Å²) in [4.78, 5) is 0. The molecule has 0 aromatic rings. The molecule has 38 valence electrons. The molecular weight excluding hydrogens is 99.0 g/mol. The summed E-state index contributed by atoms with van der Waals surface area (Å²) in [5.74, 6) is 0. The minimum Gasteiger partial charge on any atom is -0.332 e. The summed E-state index contributed by atoms with van der Waals surface area (Å²) >= 11 is 0. The van der Waals surface area contributed by atoms with Gasteiger partial charge in [-0.15, -0.1) is 0 Å². The zero-order chi connectivity index (χ0) is 5.21. The first-order valence-electron chi connectivity index (χ1n) is 1.67. The summed E-state index contributed by atoms with van der Waals surface area (Å²) < 4.78 is 14.9. The number of hydrogen-bond acceptors (Lipinski definition) is 2. The molecule has 0 rings (SSSR count). The van der Waals surface area contributed by atoms with Gasteiger partial charge in [0, 0.05) is 20.4 Å². The van der Waals surface area contributed by atoms with Crippen LogP contribution in [0.5, 0.6) is 0 Å². The standard InChI is InChI=1S/C3H9O2P/c1-5-6(2,3)4/h1-3H3. The SMILES string of the molecule is COP(C)(C)=O. The molecule has 6 heavy (non-hydrogen) atoms. The second-order valence-corrected chi connectivity index (χ2v) is 4.30.